The zero-order chi connectivity index (χ0) is 17.1. The topological polar surface area (TPSA) is 85.4 Å². The molecule has 0 unspecified atom stereocenters. The molecule has 2 aromatic rings. The van der Waals surface area contributed by atoms with Crippen LogP contribution in [-0.2, 0) is 16.1 Å². The molecule has 8 nitrogen and oxygen atoms in total. The smallest absolute Gasteiger partial charge is 0.242 e. The first-order valence-corrected chi connectivity index (χ1v) is 8.10. The minimum atomic E-state index is -0.271. The first-order chi connectivity index (χ1) is 11.5. The lowest BCUT2D eigenvalue weighted by Gasteiger charge is -2.35. The van der Waals surface area contributed by atoms with Gasteiger partial charge < -0.3 is 14.6 Å². The van der Waals surface area contributed by atoms with Gasteiger partial charge in [-0.2, -0.15) is 5.10 Å². The number of rotatable bonds is 5. The summed E-state index contributed by atoms with van der Waals surface area (Å²) >= 11 is 0. The van der Waals surface area contributed by atoms with E-state index in [0.29, 0.717) is 31.3 Å². The predicted molar refractivity (Wildman–Crippen MR) is 87.6 cm³/mol. The van der Waals surface area contributed by atoms with Crippen LogP contribution < -0.4 is 5.32 Å². The maximum Gasteiger partial charge on any atom is 0.242 e. The van der Waals surface area contributed by atoms with Gasteiger partial charge in [0, 0.05) is 25.4 Å². The van der Waals surface area contributed by atoms with Gasteiger partial charge in [0.2, 0.25) is 5.91 Å². The molecule has 1 aliphatic heterocycles. The molecule has 2 atom stereocenters. The molecule has 0 spiro atoms. The molecule has 1 amide bonds. The van der Waals surface area contributed by atoms with E-state index in [1.165, 1.54) is 0 Å². The van der Waals surface area contributed by atoms with Crippen molar-refractivity contribution in [2.75, 3.05) is 25.0 Å². The minimum Gasteiger partial charge on any atom is -0.374 e. The summed E-state index contributed by atoms with van der Waals surface area (Å²) in [5.74, 6) is 1.01. The third-order valence-electron chi connectivity index (χ3n) is 4.13. The van der Waals surface area contributed by atoms with Crippen LogP contribution >= 0.6 is 0 Å². The summed E-state index contributed by atoms with van der Waals surface area (Å²) in [7, 11) is 0. The average molecular weight is 333 g/mol. The largest absolute Gasteiger partial charge is 0.374 e. The Morgan fingerprint density at radius 3 is 3.00 bits per heavy atom. The Morgan fingerprint density at radius 1 is 1.50 bits per heavy atom. The van der Waals surface area contributed by atoms with Crippen LogP contribution in [0.1, 0.15) is 18.2 Å². The Labute approximate surface area is 140 Å². The monoisotopic (exact) mass is 333 g/mol. The van der Waals surface area contributed by atoms with Crippen molar-refractivity contribution in [2.45, 2.75) is 39.5 Å². The van der Waals surface area contributed by atoms with Gasteiger partial charge in [-0.05, 0) is 26.3 Å². The molecule has 0 bridgehead atoms. The number of carbonyl (C=O) groups excluding carboxylic acids is 1. The molecule has 0 aliphatic carbocycles. The summed E-state index contributed by atoms with van der Waals surface area (Å²) in [6.45, 7) is 8.38. The highest BCUT2D eigenvalue weighted by Gasteiger charge is 2.28. The van der Waals surface area contributed by atoms with Crippen molar-refractivity contribution < 1.29 is 14.1 Å². The van der Waals surface area contributed by atoms with Crippen LogP contribution in [0.25, 0.3) is 0 Å². The van der Waals surface area contributed by atoms with Crippen molar-refractivity contribution in [3.8, 4) is 0 Å². The second-order valence-electron chi connectivity index (χ2n) is 6.22. The van der Waals surface area contributed by atoms with Crippen molar-refractivity contribution in [1.29, 1.82) is 0 Å². The first kappa shape index (κ1) is 16.7. The average Bonchev–Trinajstić information content (AvgIpc) is 3.15. The van der Waals surface area contributed by atoms with Gasteiger partial charge in [-0.1, -0.05) is 5.16 Å². The second kappa shape index (κ2) is 7.14. The summed E-state index contributed by atoms with van der Waals surface area (Å²) in [4.78, 5) is 14.5. The molecule has 0 radical (unpaired) electrons. The summed E-state index contributed by atoms with van der Waals surface area (Å²) in [5, 5.41) is 10.9. The molecule has 0 saturated carbocycles. The van der Waals surface area contributed by atoms with Crippen LogP contribution in [0.15, 0.2) is 23.0 Å². The van der Waals surface area contributed by atoms with Gasteiger partial charge in [0.15, 0.2) is 5.82 Å². The maximum atomic E-state index is 12.4. The minimum absolute atomic E-state index is 0.0163. The Hall–Kier alpha value is -2.19. The van der Waals surface area contributed by atoms with E-state index in [9.17, 15) is 4.79 Å². The standard InChI is InChI=1S/C16H23N5O3/c1-11-7-17-21(8-11)10-14-9-20(4-5-23-14)13(3)16(22)18-15-6-12(2)24-19-15/h6-8,13-14H,4-5,9-10H2,1-3H3,(H,18,19,22)/t13-,14-/m1/s1. The van der Waals surface area contributed by atoms with Gasteiger partial charge in [0.1, 0.15) is 5.76 Å². The molecule has 1 aliphatic rings. The Bertz CT molecular complexity index is 695. The second-order valence-corrected chi connectivity index (χ2v) is 6.22. The van der Waals surface area contributed by atoms with Crippen LogP contribution in [0.5, 0.6) is 0 Å². The molecular formula is C16H23N5O3. The normalized spacial score (nSPS) is 20.0. The van der Waals surface area contributed by atoms with E-state index in [1.807, 2.05) is 30.9 Å². The Morgan fingerprint density at radius 2 is 2.33 bits per heavy atom. The fourth-order valence-corrected chi connectivity index (χ4v) is 2.80. The molecule has 2 aromatic heterocycles. The van der Waals surface area contributed by atoms with Crippen LogP contribution in [0.2, 0.25) is 0 Å². The number of carbonyl (C=O) groups is 1. The molecule has 3 rings (SSSR count). The van der Waals surface area contributed by atoms with E-state index in [2.05, 4.69) is 20.5 Å². The zero-order valence-electron chi connectivity index (χ0n) is 14.2. The number of aryl methyl sites for hydroxylation is 2. The van der Waals surface area contributed by atoms with Crippen LogP contribution in [0, 0.1) is 13.8 Å². The number of anilines is 1. The number of aromatic nitrogens is 3. The van der Waals surface area contributed by atoms with Crippen LogP contribution in [-0.4, -0.2) is 57.6 Å². The summed E-state index contributed by atoms with van der Waals surface area (Å²) in [6, 6.07) is 1.43. The number of nitrogens with zero attached hydrogens (tertiary/aromatic N) is 4. The molecule has 0 aromatic carbocycles. The third kappa shape index (κ3) is 4.01. The van der Waals surface area contributed by atoms with Gasteiger partial charge in [-0.15, -0.1) is 0 Å². The fourth-order valence-electron chi connectivity index (χ4n) is 2.80. The van der Waals surface area contributed by atoms with E-state index < -0.39 is 0 Å². The van der Waals surface area contributed by atoms with Gasteiger partial charge in [0.05, 0.1) is 31.5 Å². The van der Waals surface area contributed by atoms with Crippen molar-refractivity contribution in [1.82, 2.24) is 19.8 Å². The predicted octanol–water partition coefficient (Wildman–Crippen LogP) is 1.22. The molecular weight excluding hydrogens is 310 g/mol. The van der Waals surface area contributed by atoms with Crippen molar-refractivity contribution in [3.63, 3.8) is 0 Å². The molecule has 1 fully saturated rings. The highest BCUT2D eigenvalue weighted by atomic mass is 16.5. The lowest BCUT2D eigenvalue weighted by atomic mass is 10.2. The lowest BCUT2D eigenvalue weighted by Crippen LogP contribution is -2.51. The SMILES string of the molecule is Cc1cnn(C[C@H]2CN([C@H](C)C(=O)Nc3cc(C)on3)CCO2)c1. The molecule has 8 heteroatoms. The van der Waals surface area contributed by atoms with E-state index in [0.717, 1.165) is 12.1 Å². The fraction of sp³-hybridized carbons (Fsp3) is 0.562. The molecule has 3 heterocycles. The van der Waals surface area contributed by atoms with Crippen LogP contribution in [0.3, 0.4) is 0 Å². The molecule has 24 heavy (non-hydrogen) atoms. The molecule has 130 valence electrons. The third-order valence-corrected chi connectivity index (χ3v) is 4.13. The molecule has 1 saturated heterocycles. The van der Waals surface area contributed by atoms with Gasteiger partial charge in [-0.25, -0.2) is 0 Å². The Balaban J connectivity index is 1.55. The summed E-state index contributed by atoms with van der Waals surface area (Å²) < 4.78 is 12.7. The van der Waals surface area contributed by atoms with E-state index in [4.69, 9.17) is 9.26 Å². The van der Waals surface area contributed by atoms with E-state index in [1.54, 1.807) is 13.0 Å². The number of hydrogen-bond donors (Lipinski definition) is 1. The summed E-state index contributed by atoms with van der Waals surface area (Å²) in [6.07, 6.45) is 3.84. The van der Waals surface area contributed by atoms with E-state index in [-0.39, 0.29) is 18.1 Å². The quantitative estimate of drug-likeness (QED) is 0.885. The van der Waals surface area contributed by atoms with Crippen LogP contribution in [0.4, 0.5) is 5.82 Å². The number of morpholine rings is 1. The van der Waals surface area contributed by atoms with Crippen molar-refractivity contribution >= 4 is 11.7 Å². The Kier molecular flexibility index (Phi) is 4.96. The lowest BCUT2D eigenvalue weighted by molar-refractivity contribution is -0.124. The maximum absolute atomic E-state index is 12.4. The van der Waals surface area contributed by atoms with Crippen molar-refractivity contribution in [2.24, 2.45) is 0 Å². The molecule has 1 N–H and O–H groups in total. The van der Waals surface area contributed by atoms with Crippen molar-refractivity contribution in [3.05, 3.63) is 29.8 Å². The highest BCUT2D eigenvalue weighted by Crippen LogP contribution is 2.13. The number of nitrogens with one attached hydrogen (secondary N) is 1. The number of ether oxygens (including phenoxy) is 1. The highest BCUT2D eigenvalue weighted by molar-refractivity contribution is 5.93. The van der Waals surface area contributed by atoms with Gasteiger partial charge in [0.25, 0.3) is 0 Å². The first-order valence-electron chi connectivity index (χ1n) is 8.10. The van der Waals surface area contributed by atoms with Gasteiger partial charge in [-0.3, -0.25) is 14.4 Å². The summed E-state index contributed by atoms with van der Waals surface area (Å²) in [5.41, 5.74) is 1.12. The van der Waals surface area contributed by atoms with Gasteiger partial charge >= 0.3 is 0 Å². The number of hydrogen-bond acceptors (Lipinski definition) is 6. The van der Waals surface area contributed by atoms with E-state index >= 15 is 0 Å². The zero-order valence-corrected chi connectivity index (χ0v) is 14.2. The number of amides is 1.